The minimum Gasteiger partial charge on any atom is -0.352 e. The smallest absolute Gasteiger partial charge is 0.251 e. The van der Waals surface area contributed by atoms with Gasteiger partial charge in [-0.3, -0.25) is 4.79 Å². The second-order valence-electron chi connectivity index (χ2n) is 2.69. The van der Waals surface area contributed by atoms with E-state index < -0.39 is 0 Å². The Hall–Kier alpha value is -0.830. The average Bonchev–Trinajstić information content (AvgIpc) is 2.18. The van der Waals surface area contributed by atoms with Crippen LogP contribution in [0.3, 0.4) is 0 Å². The molecule has 0 saturated carbocycles. The summed E-state index contributed by atoms with van der Waals surface area (Å²) < 4.78 is 0. The lowest BCUT2D eigenvalue weighted by Crippen LogP contribution is -2.22. The summed E-state index contributed by atoms with van der Waals surface area (Å²) in [6, 6.07) is 7.58. The number of rotatable bonds is 3. The zero-order chi connectivity index (χ0) is 9.68. The van der Waals surface area contributed by atoms with Crippen LogP contribution in [-0.4, -0.2) is 12.5 Å². The van der Waals surface area contributed by atoms with Gasteiger partial charge in [0.25, 0.3) is 5.91 Å². The molecule has 0 aromatic heterocycles. The van der Waals surface area contributed by atoms with Crippen molar-refractivity contribution in [2.24, 2.45) is 0 Å². The van der Waals surface area contributed by atoms with Crippen LogP contribution in [0.1, 0.15) is 22.8 Å². The highest BCUT2D eigenvalue weighted by molar-refractivity contribution is 9.08. The standard InChI is InChI=1S/C10H12BrNO/c1-2-12-10(13)9-5-3-4-8(6-9)7-11/h3-6H,2,7H2,1H3,(H,12,13). The summed E-state index contributed by atoms with van der Waals surface area (Å²) in [6.07, 6.45) is 0. The van der Waals surface area contributed by atoms with E-state index in [1.54, 1.807) is 0 Å². The first-order valence-electron chi connectivity index (χ1n) is 4.21. The third-order valence-electron chi connectivity index (χ3n) is 1.68. The fraction of sp³-hybridized carbons (Fsp3) is 0.300. The predicted molar refractivity (Wildman–Crippen MR) is 57.1 cm³/mol. The van der Waals surface area contributed by atoms with Gasteiger partial charge in [0.2, 0.25) is 0 Å². The van der Waals surface area contributed by atoms with Gasteiger partial charge in [0.05, 0.1) is 0 Å². The molecule has 0 atom stereocenters. The zero-order valence-electron chi connectivity index (χ0n) is 7.51. The molecule has 1 amide bonds. The first-order chi connectivity index (χ1) is 6.27. The minimum atomic E-state index is -0.00898. The molecule has 1 N–H and O–H groups in total. The maximum atomic E-state index is 11.4. The quantitative estimate of drug-likeness (QED) is 0.810. The van der Waals surface area contributed by atoms with Gasteiger partial charge in [0.1, 0.15) is 0 Å². The van der Waals surface area contributed by atoms with Gasteiger partial charge in [-0.2, -0.15) is 0 Å². The molecule has 0 unspecified atom stereocenters. The van der Waals surface area contributed by atoms with Gasteiger partial charge >= 0.3 is 0 Å². The maximum Gasteiger partial charge on any atom is 0.251 e. The van der Waals surface area contributed by atoms with Gasteiger partial charge in [0.15, 0.2) is 0 Å². The van der Waals surface area contributed by atoms with E-state index in [-0.39, 0.29) is 5.91 Å². The van der Waals surface area contributed by atoms with Crippen LogP contribution < -0.4 is 5.32 Å². The van der Waals surface area contributed by atoms with Crippen molar-refractivity contribution >= 4 is 21.8 Å². The van der Waals surface area contributed by atoms with Crippen LogP contribution in [0.5, 0.6) is 0 Å². The van der Waals surface area contributed by atoms with Crippen LogP contribution in [0, 0.1) is 0 Å². The molecule has 0 aliphatic rings. The average molecular weight is 242 g/mol. The van der Waals surface area contributed by atoms with E-state index in [9.17, 15) is 4.79 Å². The molecular formula is C10H12BrNO. The lowest BCUT2D eigenvalue weighted by Gasteiger charge is -2.02. The van der Waals surface area contributed by atoms with E-state index in [2.05, 4.69) is 21.2 Å². The number of alkyl halides is 1. The fourth-order valence-electron chi connectivity index (χ4n) is 1.06. The van der Waals surface area contributed by atoms with Crippen molar-refractivity contribution in [2.45, 2.75) is 12.3 Å². The first-order valence-corrected chi connectivity index (χ1v) is 5.33. The number of carbonyl (C=O) groups is 1. The molecule has 0 fully saturated rings. The third kappa shape index (κ3) is 2.84. The summed E-state index contributed by atoms with van der Waals surface area (Å²) in [5, 5.41) is 3.54. The Morgan fingerprint density at radius 2 is 2.31 bits per heavy atom. The molecule has 1 aromatic carbocycles. The molecule has 1 aromatic rings. The van der Waals surface area contributed by atoms with Crippen LogP contribution in [0.4, 0.5) is 0 Å². The Balaban J connectivity index is 2.82. The summed E-state index contributed by atoms with van der Waals surface area (Å²) in [7, 11) is 0. The number of hydrogen-bond acceptors (Lipinski definition) is 1. The largest absolute Gasteiger partial charge is 0.352 e. The number of carbonyl (C=O) groups excluding carboxylic acids is 1. The monoisotopic (exact) mass is 241 g/mol. The van der Waals surface area contributed by atoms with Crippen molar-refractivity contribution < 1.29 is 4.79 Å². The van der Waals surface area contributed by atoms with Crippen LogP contribution in [0.25, 0.3) is 0 Å². The molecule has 0 radical (unpaired) electrons. The molecule has 70 valence electrons. The van der Waals surface area contributed by atoms with Crippen molar-refractivity contribution in [3.8, 4) is 0 Å². The zero-order valence-corrected chi connectivity index (χ0v) is 9.10. The molecule has 3 heteroatoms. The van der Waals surface area contributed by atoms with Crippen LogP contribution in [-0.2, 0) is 5.33 Å². The second kappa shape index (κ2) is 5.02. The van der Waals surface area contributed by atoms with Gasteiger partial charge in [-0.1, -0.05) is 28.1 Å². The van der Waals surface area contributed by atoms with E-state index >= 15 is 0 Å². The Kier molecular flexibility index (Phi) is 3.96. The van der Waals surface area contributed by atoms with Gasteiger partial charge < -0.3 is 5.32 Å². The SMILES string of the molecule is CCNC(=O)c1cccc(CBr)c1. The van der Waals surface area contributed by atoms with Crippen molar-refractivity contribution in [3.63, 3.8) is 0 Å². The van der Waals surface area contributed by atoms with Crippen LogP contribution in [0.15, 0.2) is 24.3 Å². The molecule has 0 heterocycles. The minimum absolute atomic E-state index is 0.00898. The number of halogens is 1. The van der Waals surface area contributed by atoms with Gasteiger partial charge in [-0.05, 0) is 24.6 Å². The van der Waals surface area contributed by atoms with E-state index in [1.807, 2.05) is 31.2 Å². The summed E-state index contributed by atoms with van der Waals surface area (Å²) >= 11 is 3.35. The molecule has 0 spiro atoms. The highest BCUT2D eigenvalue weighted by atomic mass is 79.9. The van der Waals surface area contributed by atoms with Gasteiger partial charge in [0, 0.05) is 17.4 Å². The number of nitrogens with one attached hydrogen (secondary N) is 1. The van der Waals surface area contributed by atoms with E-state index in [0.717, 1.165) is 16.5 Å². The molecule has 1 rings (SSSR count). The lowest BCUT2D eigenvalue weighted by atomic mass is 10.1. The van der Waals surface area contributed by atoms with Crippen LogP contribution in [0.2, 0.25) is 0 Å². The van der Waals surface area contributed by atoms with Crippen molar-refractivity contribution in [2.75, 3.05) is 6.54 Å². The number of amides is 1. The first kappa shape index (κ1) is 10.3. The summed E-state index contributed by atoms with van der Waals surface area (Å²) in [4.78, 5) is 11.4. The Morgan fingerprint density at radius 3 is 2.92 bits per heavy atom. The van der Waals surface area contributed by atoms with Gasteiger partial charge in [-0.15, -0.1) is 0 Å². The normalized spacial score (nSPS) is 9.69. The van der Waals surface area contributed by atoms with Crippen molar-refractivity contribution in [1.82, 2.24) is 5.32 Å². The van der Waals surface area contributed by atoms with Gasteiger partial charge in [-0.25, -0.2) is 0 Å². The van der Waals surface area contributed by atoms with E-state index in [1.165, 1.54) is 0 Å². The molecule has 13 heavy (non-hydrogen) atoms. The topological polar surface area (TPSA) is 29.1 Å². The van der Waals surface area contributed by atoms with Crippen LogP contribution >= 0.6 is 15.9 Å². The molecule has 0 bridgehead atoms. The highest BCUT2D eigenvalue weighted by Crippen LogP contribution is 2.08. The number of benzene rings is 1. The Labute approximate surface area is 86.5 Å². The maximum absolute atomic E-state index is 11.4. The molecule has 0 aliphatic carbocycles. The molecular weight excluding hydrogens is 230 g/mol. The molecule has 0 saturated heterocycles. The Bertz CT molecular complexity index is 299. The van der Waals surface area contributed by atoms with Crippen molar-refractivity contribution in [1.29, 1.82) is 0 Å². The lowest BCUT2D eigenvalue weighted by molar-refractivity contribution is 0.0956. The van der Waals surface area contributed by atoms with E-state index in [4.69, 9.17) is 0 Å². The summed E-state index contributed by atoms with van der Waals surface area (Å²) in [6.45, 7) is 2.57. The summed E-state index contributed by atoms with van der Waals surface area (Å²) in [5.74, 6) is -0.00898. The van der Waals surface area contributed by atoms with Crippen molar-refractivity contribution in [3.05, 3.63) is 35.4 Å². The highest BCUT2D eigenvalue weighted by Gasteiger charge is 2.03. The summed E-state index contributed by atoms with van der Waals surface area (Å²) in [5.41, 5.74) is 1.84. The second-order valence-corrected chi connectivity index (χ2v) is 3.25. The molecule has 2 nitrogen and oxygen atoms in total. The molecule has 0 aliphatic heterocycles. The third-order valence-corrected chi connectivity index (χ3v) is 2.33. The number of hydrogen-bond donors (Lipinski definition) is 1. The fourth-order valence-corrected chi connectivity index (χ4v) is 1.41. The predicted octanol–water partition coefficient (Wildman–Crippen LogP) is 2.33. The van der Waals surface area contributed by atoms with E-state index in [0.29, 0.717) is 6.54 Å². The Morgan fingerprint density at radius 1 is 1.54 bits per heavy atom.